The molecule has 1 nitrogen and oxygen atoms in total. The van der Waals surface area contributed by atoms with Crippen molar-refractivity contribution in [2.75, 3.05) is 6.61 Å². The maximum absolute atomic E-state index is 5.87. The number of hydrogen-bond acceptors (Lipinski definition) is 1. The van der Waals surface area contributed by atoms with E-state index in [0.717, 1.165) is 5.75 Å². The average molecular weight is 419 g/mol. The van der Waals surface area contributed by atoms with E-state index in [-0.39, 0.29) is 18.7 Å². The van der Waals surface area contributed by atoms with Crippen molar-refractivity contribution in [3.63, 3.8) is 0 Å². The Morgan fingerprint density at radius 1 is 0.966 bits per heavy atom. The molecule has 0 bridgehead atoms. The standard InChI is InChI=1S/C19H20O.C5H5.C3H6.Ti/c1-3-16(2)14-18(17-10-6-4-7-11-17)15-20-19-12-8-5-9-13-19;1-2-4-5-3-1;1-3-2;/h3-14H,15H2,1-2H3;1-3H,4H2;1-2H3;. The fourth-order valence-corrected chi connectivity index (χ4v) is 4.38. The summed E-state index contributed by atoms with van der Waals surface area (Å²) in [7, 11) is 0. The summed E-state index contributed by atoms with van der Waals surface area (Å²) in [4.78, 5) is 0. The van der Waals surface area contributed by atoms with Crippen LogP contribution < -0.4 is 4.74 Å². The van der Waals surface area contributed by atoms with E-state index in [1.807, 2.05) is 43.3 Å². The second-order valence-electron chi connectivity index (χ2n) is 7.12. The molecule has 0 aromatic heterocycles. The maximum atomic E-state index is 5.87. The van der Waals surface area contributed by atoms with E-state index in [1.165, 1.54) is 23.1 Å². The van der Waals surface area contributed by atoms with Crippen LogP contribution in [0.25, 0.3) is 5.57 Å². The molecule has 0 amide bonds. The quantitative estimate of drug-likeness (QED) is 0.354. The van der Waals surface area contributed by atoms with E-state index in [1.54, 1.807) is 7.69 Å². The SMILES string of the molecule is CC=C(C)C=C(COc1ccccc1)c1ccccc1.C[C](C)=[Ti][C]1=CC=CC1. The minimum absolute atomic E-state index is 0.153. The second-order valence-corrected chi connectivity index (χ2v) is 10.1. The van der Waals surface area contributed by atoms with Gasteiger partial charge in [0.05, 0.1) is 0 Å². The monoisotopic (exact) mass is 419 g/mol. The van der Waals surface area contributed by atoms with Gasteiger partial charge in [-0.25, -0.2) is 0 Å². The molecule has 0 unspecified atom stereocenters. The van der Waals surface area contributed by atoms with Gasteiger partial charge in [0, 0.05) is 0 Å². The van der Waals surface area contributed by atoms with Crippen LogP contribution >= 0.6 is 0 Å². The third-order valence-electron chi connectivity index (χ3n) is 4.32. The van der Waals surface area contributed by atoms with Gasteiger partial charge in [-0.15, -0.1) is 0 Å². The van der Waals surface area contributed by atoms with Crippen molar-refractivity contribution < 1.29 is 23.4 Å². The molecule has 3 rings (SSSR count). The first-order valence-corrected chi connectivity index (χ1v) is 11.6. The van der Waals surface area contributed by atoms with Gasteiger partial charge in [0.15, 0.2) is 0 Å². The molecule has 149 valence electrons. The van der Waals surface area contributed by atoms with Crippen LogP contribution in [-0.4, -0.2) is 10.4 Å². The number of hydrogen-bond donors (Lipinski definition) is 0. The van der Waals surface area contributed by atoms with E-state index in [4.69, 9.17) is 4.74 Å². The van der Waals surface area contributed by atoms with Crippen molar-refractivity contribution in [2.45, 2.75) is 34.1 Å². The van der Waals surface area contributed by atoms with Crippen LogP contribution in [0.5, 0.6) is 5.75 Å². The molecule has 0 radical (unpaired) electrons. The molecular weight excluding hydrogens is 388 g/mol. The zero-order valence-electron chi connectivity index (χ0n) is 18.0. The Kier molecular flexibility index (Phi) is 10.4. The molecular formula is C27H31OTi. The van der Waals surface area contributed by atoms with Crippen molar-refractivity contribution in [1.82, 2.24) is 0 Å². The van der Waals surface area contributed by atoms with Gasteiger partial charge in [-0.3, -0.25) is 0 Å². The molecule has 0 saturated heterocycles. The van der Waals surface area contributed by atoms with Gasteiger partial charge >= 0.3 is 64.9 Å². The normalized spacial score (nSPS) is 13.2. The Labute approximate surface area is 184 Å². The topological polar surface area (TPSA) is 9.23 Å². The van der Waals surface area contributed by atoms with Gasteiger partial charge < -0.3 is 4.74 Å². The molecule has 0 spiro atoms. The number of benzene rings is 2. The predicted molar refractivity (Wildman–Crippen MR) is 124 cm³/mol. The summed E-state index contributed by atoms with van der Waals surface area (Å²) in [5.41, 5.74) is 3.62. The molecule has 0 aliphatic heterocycles. The zero-order valence-corrected chi connectivity index (χ0v) is 19.5. The van der Waals surface area contributed by atoms with Crippen molar-refractivity contribution in [2.24, 2.45) is 0 Å². The van der Waals surface area contributed by atoms with Crippen molar-refractivity contribution in [3.05, 3.63) is 106 Å². The van der Waals surface area contributed by atoms with Gasteiger partial charge in [0.1, 0.15) is 12.4 Å². The summed E-state index contributed by atoms with van der Waals surface area (Å²) in [5.74, 6) is 0.896. The van der Waals surface area contributed by atoms with E-state index in [9.17, 15) is 0 Å². The summed E-state index contributed by atoms with van der Waals surface area (Å²) >= 11 is 0.153. The first-order chi connectivity index (χ1) is 14.1. The van der Waals surface area contributed by atoms with E-state index in [2.05, 4.69) is 75.4 Å². The van der Waals surface area contributed by atoms with Gasteiger partial charge in [0.25, 0.3) is 0 Å². The third kappa shape index (κ3) is 9.22. The Balaban J connectivity index is 0.000000278. The summed E-state index contributed by atoms with van der Waals surface area (Å²) in [6.45, 7) is 9.19. The zero-order chi connectivity index (χ0) is 20.9. The number of rotatable bonds is 6. The molecule has 2 aromatic rings. The first kappa shape index (κ1) is 23.1. The van der Waals surface area contributed by atoms with Crippen LogP contribution in [0.2, 0.25) is 0 Å². The van der Waals surface area contributed by atoms with Gasteiger partial charge in [-0.05, 0) is 37.1 Å². The fourth-order valence-electron chi connectivity index (χ4n) is 2.76. The molecule has 1 aliphatic carbocycles. The molecule has 0 fully saturated rings. The van der Waals surface area contributed by atoms with Gasteiger partial charge in [-0.2, -0.15) is 0 Å². The molecule has 0 N–H and O–H groups in total. The number of allylic oxidation sites excluding steroid dienone is 7. The average Bonchev–Trinajstić information content (AvgIpc) is 3.25. The number of para-hydroxylation sites is 1. The van der Waals surface area contributed by atoms with Crippen molar-refractivity contribution >= 4 is 9.38 Å². The Morgan fingerprint density at radius 3 is 2.17 bits per heavy atom. The van der Waals surface area contributed by atoms with E-state index >= 15 is 0 Å². The van der Waals surface area contributed by atoms with Crippen LogP contribution in [0.3, 0.4) is 0 Å². The van der Waals surface area contributed by atoms with Gasteiger partial charge in [0.2, 0.25) is 0 Å². The van der Waals surface area contributed by atoms with Crippen LogP contribution in [0, 0.1) is 0 Å². The van der Waals surface area contributed by atoms with Crippen LogP contribution in [-0.2, 0) is 18.7 Å². The summed E-state index contributed by atoms with van der Waals surface area (Å²) < 4.78 is 9.18. The molecule has 2 heteroatoms. The summed E-state index contributed by atoms with van der Waals surface area (Å²) in [5, 5.41) is 0. The second kappa shape index (κ2) is 13.1. The van der Waals surface area contributed by atoms with Crippen LogP contribution in [0.15, 0.2) is 100 Å². The van der Waals surface area contributed by atoms with Crippen molar-refractivity contribution in [3.8, 4) is 5.75 Å². The molecule has 0 heterocycles. The Bertz CT molecular complexity index is 896. The molecule has 1 aliphatic rings. The van der Waals surface area contributed by atoms with Crippen LogP contribution in [0.4, 0.5) is 0 Å². The minimum atomic E-state index is 0.153. The fraction of sp³-hybridized carbons (Fsp3) is 0.222. The van der Waals surface area contributed by atoms with E-state index in [0.29, 0.717) is 6.61 Å². The van der Waals surface area contributed by atoms with E-state index < -0.39 is 0 Å². The van der Waals surface area contributed by atoms with Crippen molar-refractivity contribution in [1.29, 1.82) is 0 Å². The van der Waals surface area contributed by atoms with Gasteiger partial charge in [-0.1, -0.05) is 66.3 Å². The predicted octanol–water partition coefficient (Wildman–Crippen LogP) is 7.24. The third-order valence-corrected chi connectivity index (χ3v) is 6.18. The number of ether oxygens (including phenoxy) is 1. The molecule has 2 aromatic carbocycles. The van der Waals surface area contributed by atoms with Crippen LogP contribution in [0.1, 0.15) is 39.7 Å². The first-order valence-electron chi connectivity index (χ1n) is 10.1. The summed E-state index contributed by atoms with van der Waals surface area (Å²) in [6.07, 6.45) is 12.2. The Morgan fingerprint density at radius 2 is 1.62 bits per heavy atom. The molecule has 29 heavy (non-hydrogen) atoms. The summed E-state index contributed by atoms with van der Waals surface area (Å²) in [6, 6.07) is 20.3. The Hall–Kier alpha value is -2.22. The molecule has 0 saturated carbocycles. The molecule has 0 atom stereocenters.